The van der Waals surface area contributed by atoms with E-state index in [-0.39, 0.29) is 5.91 Å². The van der Waals surface area contributed by atoms with Crippen molar-refractivity contribution < 1.29 is 4.79 Å². The molecule has 0 aliphatic heterocycles. The number of amides is 1. The molecule has 0 radical (unpaired) electrons. The number of aromatic amines is 1. The molecule has 0 saturated carbocycles. The molecule has 0 unspecified atom stereocenters. The first-order chi connectivity index (χ1) is 8.60. The number of hydrogen-bond donors (Lipinski definition) is 2. The van der Waals surface area contributed by atoms with E-state index in [1.54, 1.807) is 30.5 Å². The number of nitrogens with one attached hydrogen (secondary N) is 2. The zero-order valence-electron chi connectivity index (χ0n) is 9.00. The minimum Gasteiger partial charge on any atom is -0.356 e. The van der Waals surface area contributed by atoms with Crippen LogP contribution in [-0.2, 0) is 0 Å². The summed E-state index contributed by atoms with van der Waals surface area (Å²) in [7, 11) is 0. The second-order valence-corrected chi connectivity index (χ2v) is 5.32. The molecule has 1 aromatic heterocycles. The molecule has 18 heavy (non-hydrogen) atoms. The van der Waals surface area contributed by atoms with Crippen LogP contribution in [-0.4, -0.2) is 10.9 Å². The number of nitrogens with zero attached hydrogens (tertiary/aromatic N) is 1. The van der Waals surface area contributed by atoms with Crippen LogP contribution in [0.5, 0.6) is 0 Å². The van der Waals surface area contributed by atoms with E-state index >= 15 is 0 Å². The van der Waals surface area contributed by atoms with Crippen molar-refractivity contribution in [3.8, 4) is 6.07 Å². The number of hydrogen-bond acceptors (Lipinski definition) is 2. The summed E-state index contributed by atoms with van der Waals surface area (Å²) in [6.45, 7) is 0. The van der Waals surface area contributed by atoms with Gasteiger partial charge in [0.05, 0.1) is 11.3 Å². The van der Waals surface area contributed by atoms with E-state index in [9.17, 15) is 4.79 Å². The van der Waals surface area contributed by atoms with Gasteiger partial charge in [0.1, 0.15) is 11.8 Å². The monoisotopic (exact) mass is 367 g/mol. The molecule has 2 N–H and O–H groups in total. The van der Waals surface area contributed by atoms with Gasteiger partial charge in [-0.2, -0.15) is 5.26 Å². The van der Waals surface area contributed by atoms with Crippen molar-refractivity contribution in [2.45, 2.75) is 0 Å². The van der Waals surface area contributed by atoms with E-state index < -0.39 is 0 Å². The number of nitriles is 1. The van der Waals surface area contributed by atoms with Gasteiger partial charge in [0.15, 0.2) is 0 Å². The van der Waals surface area contributed by atoms with Crippen LogP contribution in [0, 0.1) is 11.3 Å². The zero-order chi connectivity index (χ0) is 13.1. The van der Waals surface area contributed by atoms with E-state index in [2.05, 4.69) is 42.2 Å². The van der Waals surface area contributed by atoms with Crippen molar-refractivity contribution in [2.75, 3.05) is 5.32 Å². The molecule has 6 heteroatoms. The molecule has 0 spiro atoms. The topological polar surface area (TPSA) is 68.7 Å². The first kappa shape index (κ1) is 12.9. The maximum atomic E-state index is 11.9. The third kappa shape index (κ3) is 2.81. The first-order valence-corrected chi connectivity index (χ1v) is 6.53. The Kier molecular flexibility index (Phi) is 3.84. The number of carbonyl (C=O) groups is 1. The van der Waals surface area contributed by atoms with Crippen molar-refractivity contribution >= 4 is 43.5 Å². The first-order valence-electron chi connectivity index (χ1n) is 4.95. The molecule has 0 aliphatic rings. The standard InChI is InChI=1S/C12H7Br2N3O/c13-8-1-2-10(7(3-8)5-15)17-12(18)11-4-9(14)6-16-11/h1-4,6,16H,(H,17,18). The summed E-state index contributed by atoms with van der Waals surface area (Å²) in [6, 6.07) is 8.80. The van der Waals surface area contributed by atoms with Crippen LogP contribution < -0.4 is 5.32 Å². The summed E-state index contributed by atoms with van der Waals surface area (Å²) >= 11 is 6.53. The van der Waals surface area contributed by atoms with Gasteiger partial charge in [-0.25, -0.2) is 0 Å². The fourth-order valence-electron chi connectivity index (χ4n) is 1.41. The third-order valence-corrected chi connectivity index (χ3v) is 3.19. The number of H-pyrrole nitrogens is 1. The SMILES string of the molecule is N#Cc1cc(Br)ccc1NC(=O)c1cc(Br)c[nH]1. The Morgan fingerprint density at radius 2 is 2.06 bits per heavy atom. The summed E-state index contributed by atoms with van der Waals surface area (Å²) in [5.41, 5.74) is 1.31. The van der Waals surface area contributed by atoms with E-state index in [1.165, 1.54) is 0 Å². The average molecular weight is 369 g/mol. The summed E-state index contributed by atoms with van der Waals surface area (Å²) in [6.07, 6.45) is 1.67. The highest BCUT2D eigenvalue weighted by molar-refractivity contribution is 9.10. The number of aromatic nitrogens is 1. The van der Waals surface area contributed by atoms with Crippen LogP contribution in [0.25, 0.3) is 0 Å². The molecule has 1 aromatic carbocycles. The maximum absolute atomic E-state index is 11.9. The van der Waals surface area contributed by atoms with Gasteiger partial charge in [-0.05, 0) is 40.2 Å². The molecule has 0 aliphatic carbocycles. The summed E-state index contributed by atoms with van der Waals surface area (Å²) in [5, 5.41) is 11.7. The predicted octanol–water partition coefficient (Wildman–Crippen LogP) is 3.66. The van der Waals surface area contributed by atoms with Gasteiger partial charge in [0, 0.05) is 15.1 Å². The van der Waals surface area contributed by atoms with Crippen molar-refractivity contribution in [1.82, 2.24) is 4.98 Å². The second kappa shape index (κ2) is 5.38. The smallest absolute Gasteiger partial charge is 0.272 e. The van der Waals surface area contributed by atoms with E-state index in [1.807, 2.05) is 6.07 Å². The van der Waals surface area contributed by atoms with E-state index in [4.69, 9.17) is 5.26 Å². The molecule has 90 valence electrons. The molecule has 2 rings (SSSR count). The van der Waals surface area contributed by atoms with Crippen molar-refractivity contribution in [3.05, 3.63) is 50.7 Å². The van der Waals surface area contributed by atoms with Crippen molar-refractivity contribution in [3.63, 3.8) is 0 Å². The van der Waals surface area contributed by atoms with E-state index in [0.717, 1.165) is 8.95 Å². The molecule has 0 fully saturated rings. The summed E-state index contributed by atoms with van der Waals surface area (Å²) in [4.78, 5) is 14.7. The molecular weight excluding hydrogens is 362 g/mol. The van der Waals surface area contributed by atoms with Gasteiger partial charge in [0.2, 0.25) is 0 Å². The molecule has 0 atom stereocenters. The van der Waals surface area contributed by atoms with Crippen LogP contribution in [0.4, 0.5) is 5.69 Å². The predicted molar refractivity (Wildman–Crippen MR) is 75.3 cm³/mol. The number of benzene rings is 1. The number of halogens is 2. The molecule has 0 saturated heterocycles. The van der Waals surface area contributed by atoms with Gasteiger partial charge < -0.3 is 10.3 Å². The highest BCUT2D eigenvalue weighted by atomic mass is 79.9. The Labute approximate surface area is 120 Å². The fourth-order valence-corrected chi connectivity index (χ4v) is 2.11. The van der Waals surface area contributed by atoms with E-state index in [0.29, 0.717) is 16.9 Å². The number of rotatable bonds is 2. The Bertz CT molecular complexity index is 643. The Morgan fingerprint density at radius 3 is 2.67 bits per heavy atom. The highest BCUT2D eigenvalue weighted by Crippen LogP contribution is 2.21. The fraction of sp³-hybridized carbons (Fsp3) is 0. The highest BCUT2D eigenvalue weighted by Gasteiger charge is 2.10. The molecular formula is C12H7Br2N3O. The van der Waals surface area contributed by atoms with Gasteiger partial charge in [0.25, 0.3) is 5.91 Å². The van der Waals surface area contributed by atoms with Gasteiger partial charge in [-0.1, -0.05) is 15.9 Å². The van der Waals surface area contributed by atoms with Crippen LogP contribution in [0.2, 0.25) is 0 Å². The second-order valence-electron chi connectivity index (χ2n) is 3.49. The third-order valence-electron chi connectivity index (χ3n) is 2.24. The molecule has 2 aromatic rings. The minimum absolute atomic E-state index is 0.292. The maximum Gasteiger partial charge on any atom is 0.272 e. The zero-order valence-corrected chi connectivity index (χ0v) is 12.2. The van der Waals surface area contributed by atoms with Crippen molar-refractivity contribution in [1.29, 1.82) is 5.26 Å². The number of anilines is 1. The van der Waals surface area contributed by atoms with Crippen LogP contribution in [0.3, 0.4) is 0 Å². The largest absolute Gasteiger partial charge is 0.356 e. The lowest BCUT2D eigenvalue weighted by molar-refractivity contribution is 0.102. The minimum atomic E-state index is -0.292. The molecule has 1 heterocycles. The Balaban J connectivity index is 2.25. The Morgan fingerprint density at radius 1 is 1.28 bits per heavy atom. The van der Waals surface area contributed by atoms with Crippen molar-refractivity contribution in [2.24, 2.45) is 0 Å². The lowest BCUT2D eigenvalue weighted by atomic mass is 10.2. The van der Waals surface area contributed by atoms with Gasteiger partial charge >= 0.3 is 0 Å². The van der Waals surface area contributed by atoms with Crippen LogP contribution in [0.1, 0.15) is 16.1 Å². The normalized spacial score (nSPS) is 9.83. The summed E-state index contributed by atoms with van der Waals surface area (Å²) < 4.78 is 1.59. The van der Waals surface area contributed by atoms with Crippen LogP contribution >= 0.6 is 31.9 Å². The lowest BCUT2D eigenvalue weighted by Crippen LogP contribution is -2.13. The lowest BCUT2D eigenvalue weighted by Gasteiger charge is -2.06. The quantitative estimate of drug-likeness (QED) is 0.849. The van der Waals surface area contributed by atoms with Crippen LogP contribution in [0.15, 0.2) is 39.4 Å². The summed E-state index contributed by atoms with van der Waals surface area (Å²) in [5.74, 6) is -0.292. The van der Waals surface area contributed by atoms with Gasteiger partial charge in [-0.3, -0.25) is 4.79 Å². The molecule has 1 amide bonds. The Hall–Kier alpha value is -1.58. The molecule has 4 nitrogen and oxygen atoms in total. The average Bonchev–Trinajstić information content (AvgIpc) is 2.78. The van der Waals surface area contributed by atoms with Gasteiger partial charge in [-0.15, -0.1) is 0 Å². The number of carbonyl (C=O) groups excluding carboxylic acids is 1. The molecule has 0 bridgehead atoms.